The minimum absolute atomic E-state index is 0.0922. The van der Waals surface area contributed by atoms with Crippen LogP contribution in [-0.4, -0.2) is 25.5 Å². The molecule has 6 nitrogen and oxygen atoms in total. The molecule has 0 fully saturated rings. The van der Waals surface area contributed by atoms with E-state index in [1.807, 2.05) is 12.1 Å². The van der Waals surface area contributed by atoms with Crippen LogP contribution in [0.1, 0.15) is 42.6 Å². The molecule has 0 unspecified atom stereocenters. The third kappa shape index (κ3) is 6.33. The summed E-state index contributed by atoms with van der Waals surface area (Å²) in [6, 6.07) is 12.4. The molecule has 2 rings (SSSR count). The van der Waals surface area contributed by atoms with Crippen molar-refractivity contribution < 1.29 is 19.1 Å². The molecule has 2 amide bonds. The molecule has 144 valence electrons. The first-order valence-corrected chi connectivity index (χ1v) is 8.99. The van der Waals surface area contributed by atoms with Gasteiger partial charge in [0, 0.05) is 25.1 Å². The summed E-state index contributed by atoms with van der Waals surface area (Å²) < 4.78 is 11.0. The number of anilines is 1. The second kappa shape index (κ2) is 10.2. The highest BCUT2D eigenvalue weighted by Crippen LogP contribution is 2.30. The number of nitrogens with one attached hydrogen (secondary N) is 2. The van der Waals surface area contributed by atoms with Gasteiger partial charge in [0.15, 0.2) is 0 Å². The fourth-order valence-electron chi connectivity index (χ4n) is 2.38. The molecule has 2 aromatic rings. The summed E-state index contributed by atoms with van der Waals surface area (Å²) in [5, 5.41) is 5.61. The predicted molar refractivity (Wildman–Crippen MR) is 105 cm³/mol. The van der Waals surface area contributed by atoms with E-state index in [1.165, 1.54) is 6.92 Å². The van der Waals surface area contributed by atoms with E-state index in [4.69, 9.17) is 9.47 Å². The first-order chi connectivity index (χ1) is 13.0. The Bertz CT molecular complexity index is 772. The highest BCUT2D eigenvalue weighted by Gasteiger charge is 2.12. The second-order valence-electron chi connectivity index (χ2n) is 6.12. The Balaban J connectivity index is 2.10. The van der Waals surface area contributed by atoms with Crippen LogP contribution >= 0.6 is 0 Å². The molecular weight excluding hydrogens is 344 g/mol. The molecule has 0 saturated carbocycles. The fraction of sp³-hybridized carbons (Fsp3) is 0.333. The Morgan fingerprint density at radius 3 is 2.44 bits per heavy atom. The van der Waals surface area contributed by atoms with Crippen LogP contribution < -0.4 is 20.1 Å². The van der Waals surface area contributed by atoms with Crippen LogP contribution in [0.3, 0.4) is 0 Å². The van der Waals surface area contributed by atoms with Crippen LogP contribution in [0.2, 0.25) is 0 Å². The van der Waals surface area contributed by atoms with Crippen molar-refractivity contribution in [2.24, 2.45) is 0 Å². The van der Waals surface area contributed by atoms with Gasteiger partial charge < -0.3 is 20.1 Å². The number of benzene rings is 2. The SMILES string of the molecule is CCCCOc1ccc(OC)cc1NC(=O)c1ccc(CNC(C)=O)cc1. The van der Waals surface area contributed by atoms with Gasteiger partial charge in [0.05, 0.1) is 19.4 Å². The zero-order valence-corrected chi connectivity index (χ0v) is 16.0. The van der Waals surface area contributed by atoms with Gasteiger partial charge in [-0.1, -0.05) is 25.5 Å². The van der Waals surface area contributed by atoms with Crippen LogP contribution in [0, 0.1) is 0 Å². The molecule has 0 aliphatic rings. The Hall–Kier alpha value is -3.02. The average Bonchev–Trinajstić information content (AvgIpc) is 2.67. The Kier molecular flexibility index (Phi) is 7.67. The minimum Gasteiger partial charge on any atom is -0.497 e. The normalized spacial score (nSPS) is 10.2. The molecule has 0 bridgehead atoms. The molecule has 0 spiro atoms. The van der Waals surface area contributed by atoms with Gasteiger partial charge in [-0.15, -0.1) is 0 Å². The maximum absolute atomic E-state index is 12.6. The van der Waals surface area contributed by atoms with Gasteiger partial charge >= 0.3 is 0 Å². The highest BCUT2D eigenvalue weighted by atomic mass is 16.5. The fourth-order valence-corrected chi connectivity index (χ4v) is 2.38. The molecule has 2 N–H and O–H groups in total. The van der Waals surface area contributed by atoms with Gasteiger partial charge in [0.1, 0.15) is 11.5 Å². The van der Waals surface area contributed by atoms with Gasteiger partial charge in [-0.25, -0.2) is 0 Å². The van der Waals surface area contributed by atoms with E-state index in [1.54, 1.807) is 37.4 Å². The summed E-state index contributed by atoms with van der Waals surface area (Å²) in [6.45, 7) is 4.58. The smallest absolute Gasteiger partial charge is 0.255 e. The van der Waals surface area contributed by atoms with E-state index in [0.717, 1.165) is 18.4 Å². The Morgan fingerprint density at radius 2 is 1.81 bits per heavy atom. The second-order valence-corrected chi connectivity index (χ2v) is 6.12. The van der Waals surface area contributed by atoms with Crippen molar-refractivity contribution >= 4 is 17.5 Å². The van der Waals surface area contributed by atoms with Crippen molar-refractivity contribution in [1.29, 1.82) is 0 Å². The largest absolute Gasteiger partial charge is 0.497 e. The van der Waals surface area contributed by atoms with Crippen molar-refractivity contribution in [3.05, 3.63) is 53.6 Å². The number of unbranched alkanes of at least 4 members (excludes halogenated alkanes) is 1. The number of hydrogen-bond donors (Lipinski definition) is 2. The molecule has 0 aliphatic heterocycles. The molecule has 6 heteroatoms. The lowest BCUT2D eigenvalue weighted by Gasteiger charge is -2.14. The van der Waals surface area contributed by atoms with Crippen LogP contribution in [0.25, 0.3) is 0 Å². The molecule has 0 radical (unpaired) electrons. The number of carbonyl (C=O) groups is 2. The lowest BCUT2D eigenvalue weighted by atomic mass is 10.1. The predicted octanol–water partition coefficient (Wildman–Crippen LogP) is 3.76. The lowest BCUT2D eigenvalue weighted by Crippen LogP contribution is -2.19. The van der Waals surface area contributed by atoms with Crippen LogP contribution in [0.4, 0.5) is 5.69 Å². The summed E-state index contributed by atoms with van der Waals surface area (Å²) in [4.78, 5) is 23.6. The zero-order chi connectivity index (χ0) is 19.6. The molecule has 0 saturated heterocycles. The quantitative estimate of drug-likeness (QED) is 0.659. The number of rotatable bonds is 9. The third-order valence-electron chi connectivity index (χ3n) is 3.95. The van der Waals surface area contributed by atoms with Crippen LogP contribution in [0.15, 0.2) is 42.5 Å². The van der Waals surface area contributed by atoms with Crippen LogP contribution in [0.5, 0.6) is 11.5 Å². The number of carbonyl (C=O) groups excluding carboxylic acids is 2. The number of ether oxygens (including phenoxy) is 2. The monoisotopic (exact) mass is 370 g/mol. The average molecular weight is 370 g/mol. The molecular formula is C21H26N2O4. The highest BCUT2D eigenvalue weighted by molar-refractivity contribution is 6.05. The summed E-state index contributed by atoms with van der Waals surface area (Å²) >= 11 is 0. The van der Waals surface area contributed by atoms with Crippen molar-refractivity contribution in [1.82, 2.24) is 5.32 Å². The van der Waals surface area contributed by atoms with E-state index in [9.17, 15) is 9.59 Å². The third-order valence-corrected chi connectivity index (χ3v) is 3.95. The van der Waals surface area contributed by atoms with E-state index in [2.05, 4.69) is 17.6 Å². The van der Waals surface area contributed by atoms with Crippen LogP contribution in [-0.2, 0) is 11.3 Å². The van der Waals surface area contributed by atoms with Crippen molar-refractivity contribution in [2.45, 2.75) is 33.2 Å². The van der Waals surface area contributed by atoms with Gasteiger partial charge in [0.2, 0.25) is 5.91 Å². The molecule has 27 heavy (non-hydrogen) atoms. The van der Waals surface area contributed by atoms with Crippen molar-refractivity contribution in [3.8, 4) is 11.5 Å². The summed E-state index contributed by atoms with van der Waals surface area (Å²) in [7, 11) is 1.58. The minimum atomic E-state index is -0.241. The zero-order valence-electron chi connectivity index (χ0n) is 16.0. The molecule has 2 aromatic carbocycles. The maximum Gasteiger partial charge on any atom is 0.255 e. The summed E-state index contributed by atoms with van der Waals surface area (Å²) in [5.74, 6) is 0.916. The van der Waals surface area contributed by atoms with Gasteiger partial charge in [0.25, 0.3) is 5.91 Å². The first-order valence-electron chi connectivity index (χ1n) is 8.99. The van der Waals surface area contributed by atoms with E-state index < -0.39 is 0 Å². The van der Waals surface area contributed by atoms with Gasteiger partial charge in [-0.3, -0.25) is 9.59 Å². The van der Waals surface area contributed by atoms with E-state index >= 15 is 0 Å². The lowest BCUT2D eigenvalue weighted by molar-refractivity contribution is -0.119. The number of hydrogen-bond acceptors (Lipinski definition) is 4. The molecule has 0 atom stereocenters. The van der Waals surface area contributed by atoms with Gasteiger partial charge in [-0.2, -0.15) is 0 Å². The summed E-state index contributed by atoms with van der Waals surface area (Å²) in [5.41, 5.74) is 2.01. The standard InChI is InChI=1S/C21H26N2O4/c1-4-5-12-27-20-11-10-18(26-3)13-19(20)23-21(25)17-8-6-16(7-9-17)14-22-15(2)24/h6-11,13H,4-5,12,14H2,1-3H3,(H,22,24)(H,23,25). The van der Waals surface area contributed by atoms with E-state index in [0.29, 0.717) is 35.9 Å². The molecule has 0 aromatic heterocycles. The molecule has 0 heterocycles. The van der Waals surface area contributed by atoms with Crippen molar-refractivity contribution in [3.63, 3.8) is 0 Å². The van der Waals surface area contributed by atoms with Gasteiger partial charge in [-0.05, 0) is 36.2 Å². The first kappa shape index (κ1) is 20.3. The Labute approximate surface area is 159 Å². The number of methoxy groups -OCH3 is 1. The number of amides is 2. The summed E-state index contributed by atoms with van der Waals surface area (Å²) in [6.07, 6.45) is 1.97. The Morgan fingerprint density at radius 1 is 1.07 bits per heavy atom. The maximum atomic E-state index is 12.6. The topological polar surface area (TPSA) is 76.7 Å². The van der Waals surface area contributed by atoms with Crippen molar-refractivity contribution in [2.75, 3.05) is 19.0 Å². The van der Waals surface area contributed by atoms with E-state index in [-0.39, 0.29) is 11.8 Å². The molecule has 0 aliphatic carbocycles.